The van der Waals surface area contributed by atoms with Crippen LogP contribution in [0, 0.1) is 13.8 Å². The fraction of sp³-hybridized carbons (Fsp3) is 0.733. The first-order valence-electron chi connectivity index (χ1n) is 7.60. The fourth-order valence-electron chi connectivity index (χ4n) is 2.66. The molecule has 21 heavy (non-hydrogen) atoms. The molecule has 1 amide bonds. The Morgan fingerprint density at radius 2 is 2.00 bits per heavy atom. The maximum Gasteiger partial charge on any atom is 0.221 e. The molecule has 118 valence electrons. The van der Waals surface area contributed by atoms with Crippen LogP contribution in [0.1, 0.15) is 35.0 Å². The van der Waals surface area contributed by atoms with Gasteiger partial charge in [0.2, 0.25) is 5.91 Å². The van der Waals surface area contributed by atoms with E-state index in [1.165, 1.54) is 4.88 Å². The number of hydrogen-bond acceptors (Lipinski definition) is 5. The van der Waals surface area contributed by atoms with Crippen molar-refractivity contribution >= 4 is 17.2 Å². The van der Waals surface area contributed by atoms with Crippen molar-refractivity contribution < 1.29 is 4.79 Å². The predicted octanol–water partition coefficient (Wildman–Crippen LogP) is 1.57. The van der Waals surface area contributed by atoms with Gasteiger partial charge in [-0.05, 0) is 27.8 Å². The zero-order valence-corrected chi connectivity index (χ0v) is 14.3. The van der Waals surface area contributed by atoms with Gasteiger partial charge >= 0.3 is 0 Å². The van der Waals surface area contributed by atoms with Gasteiger partial charge in [-0.1, -0.05) is 0 Å². The largest absolute Gasteiger partial charge is 0.348 e. The number of likely N-dealkylation sites (N-methyl/N-ethyl adjacent to an activating group) is 1. The fourth-order valence-corrected chi connectivity index (χ4v) is 3.57. The van der Waals surface area contributed by atoms with Crippen molar-refractivity contribution in [3.63, 3.8) is 0 Å². The second-order valence-electron chi connectivity index (χ2n) is 5.86. The Morgan fingerprint density at radius 1 is 1.33 bits per heavy atom. The van der Waals surface area contributed by atoms with Crippen molar-refractivity contribution in [2.24, 2.45) is 0 Å². The van der Waals surface area contributed by atoms with Gasteiger partial charge in [0, 0.05) is 44.0 Å². The van der Waals surface area contributed by atoms with Gasteiger partial charge < -0.3 is 15.1 Å². The molecular weight excluding hydrogens is 284 g/mol. The summed E-state index contributed by atoms with van der Waals surface area (Å²) in [5.74, 6) is 0.117. The van der Waals surface area contributed by atoms with Gasteiger partial charge in [0.05, 0.1) is 16.7 Å². The van der Waals surface area contributed by atoms with Crippen LogP contribution in [0.2, 0.25) is 0 Å². The van der Waals surface area contributed by atoms with Crippen LogP contribution in [0.4, 0.5) is 0 Å². The first kappa shape index (κ1) is 16.4. The molecule has 2 heterocycles. The third-order valence-corrected chi connectivity index (χ3v) is 4.88. The van der Waals surface area contributed by atoms with Gasteiger partial charge in [-0.3, -0.25) is 4.79 Å². The molecule has 1 aromatic rings. The minimum absolute atomic E-state index is 0.00469. The number of amides is 1. The first-order valence-corrected chi connectivity index (χ1v) is 8.41. The van der Waals surface area contributed by atoms with E-state index in [1.807, 2.05) is 13.8 Å². The molecule has 1 fully saturated rings. The standard InChI is InChI=1S/C15H26N4OS/c1-11(15-12(2)21-13(3)17-15)16-14(20)5-6-19-9-7-18(4)8-10-19/h11H,5-10H2,1-4H3,(H,16,20)/t11-/m1/s1. The summed E-state index contributed by atoms with van der Waals surface area (Å²) in [6.45, 7) is 11.2. The number of piperazine rings is 1. The number of aryl methyl sites for hydroxylation is 2. The molecule has 1 saturated heterocycles. The summed E-state index contributed by atoms with van der Waals surface area (Å²) in [7, 11) is 2.14. The highest BCUT2D eigenvalue weighted by Gasteiger charge is 2.17. The lowest BCUT2D eigenvalue weighted by atomic mass is 10.2. The Balaban J connectivity index is 1.75. The van der Waals surface area contributed by atoms with Gasteiger partial charge in [-0.2, -0.15) is 0 Å². The van der Waals surface area contributed by atoms with Crippen molar-refractivity contribution in [3.8, 4) is 0 Å². The third kappa shape index (κ3) is 4.76. The zero-order valence-electron chi connectivity index (χ0n) is 13.5. The van der Waals surface area contributed by atoms with E-state index >= 15 is 0 Å². The van der Waals surface area contributed by atoms with Crippen molar-refractivity contribution in [2.75, 3.05) is 39.8 Å². The number of carbonyl (C=O) groups is 1. The molecule has 1 aromatic heterocycles. The summed E-state index contributed by atoms with van der Waals surface area (Å²) >= 11 is 1.69. The van der Waals surface area contributed by atoms with E-state index in [2.05, 4.69) is 34.1 Å². The molecule has 0 radical (unpaired) electrons. The average molecular weight is 310 g/mol. The summed E-state index contributed by atoms with van der Waals surface area (Å²) in [5.41, 5.74) is 1.01. The summed E-state index contributed by atoms with van der Waals surface area (Å²) in [6, 6.07) is -0.00469. The summed E-state index contributed by atoms with van der Waals surface area (Å²) < 4.78 is 0. The van der Waals surface area contributed by atoms with Crippen LogP contribution in [0.25, 0.3) is 0 Å². The van der Waals surface area contributed by atoms with Gasteiger partial charge in [0.15, 0.2) is 0 Å². The summed E-state index contributed by atoms with van der Waals surface area (Å²) in [5, 5.41) is 4.12. The molecule has 1 aliphatic heterocycles. The number of hydrogen-bond donors (Lipinski definition) is 1. The monoisotopic (exact) mass is 310 g/mol. The molecule has 0 saturated carbocycles. The lowest BCUT2D eigenvalue weighted by Crippen LogP contribution is -2.45. The SMILES string of the molecule is Cc1nc([C@@H](C)NC(=O)CCN2CCN(C)CC2)c(C)s1. The van der Waals surface area contributed by atoms with E-state index in [0.717, 1.165) is 43.4 Å². The van der Waals surface area contributed by atoms with E-state index < -0.39 is 0 Å². The molecule has 0 unspecified atom stereocenters. The highest BCUT2D eigenvalue weighted by atomic mass is 32.1. The third-order valence-electron chi connectivity index (χ3n) is 3.98. The van der Waals surface area contributed by atoms with Crippen LogP contribution < -0.4 is 5.32 Å². The van der Waals surface area contributed by atoms with E-state index in [9.17, 15) is 4.79 Å². The Morgan fingerprint density at radius 3 is 2.57 bits per heavy atom. The molecule has 6 heteroatoms. The number of nitrogens with zero attached hydrogens (tertiary/aromatic N) is 3. The minimum atomic E-state index is -0.00469. The minimum Gasteiger partial charge on any atom is -0.348 e. The maximum atomic E-state index is 12.1. The van der Waals surface area contributed by atoms with E-state index in [1.54, 1.807) is 11.3 Å². The van der Waals surface area contributed by atoms with Crippen LogP contribution in [0.15, 0.2) is 0 Å². The molecule has 1 aliphatic rings. The van der Waals surface area contributed by atoms with Gasteiger partial charge in [0.1, 0.15) is 0 Å². The molecule has 1 N–H and O–H groups in total. The highest BCUT2D eigenvalue weighted by Crippen LogP contribution is 2.22. The van der Waals surface area contributed by atoms with E-state index in [-0.39, 0.29) is 11.9 Å². The lowest BCUT2D eigenvalue weighted by molar-refractivity contribution is -0.122. The van der Waals surface area contributed by atoms with Gasteiger partial charge in [0.25, 0.3) is 0 Å². The lowest BCUT2D eigenvalue weighted by Gasteiger charge is -2.32. The Bertz CT molecular complexity index is 480. The normalized spacial score (nSPS) is 18.7. The molecule has 1 atom stereocenters. The van der Waals surface area contributed by atoms with E-state index in [4.69, 9.17) is 0 Å². The molecule has 0 aliphatic carbocycles. The number of aromatic nitrogens is 1. The molecule has 0 spiro atoms. The van der Waals surface area contributed by atoms with Crippen LogP contribution in [0.5, 0.6) is 0 Å². The zero-order chi connectivity index (χ0) is 15.4. The Labute approximate surface area is 131 Å². The number of carbonyl (C=O) groups excluding carboxylic acids is 1. The number of nitrogens with one attached hydrogen (secondary N) is 1. The van der Waals surface area contributed by atoms with Gasteiger partial charge in [-0.25, -0.2) is 4.98 Å². The van der Waals surface area contributed by atoms with Crippen LogP contribution >= 0.6 is 11.3 Å². The van der Waals surface area contributed by atoms with Crippen molar-refractivity contribution in [1.82, 2.24) is 20.1 Å². The van der Waals surface area contributed by atoms with Crippen LogP contribution in [0.3, 0.4) is 0 Å². The second-order valence-corrected chi connectivity index (χ2v) is 7.27. The Kier molecular flexibility index (Phi) is 5.72. The summed E-state index contributed by atoms with van der Waals surface area (Å²) in [6.07, 6.45) is 0.566. The van der Waals surface area contributed by atoms with Crippen molar-refractivity contribution in [2.45, 2.75) is 33.2 Å². The maximum absolute atomic E-state index is 12.1. The topological polar surface area (TPSA) is 48.5 Å². The predicted molar refractivity (Wildman–Crippen MR) is 86.7 cm³/mol. The van der Waals surface area contributed by atoms with Crippen LogP contribution in [-0.4, -0.2) is 60.5 Å². The van der Waals surface area contributed by atoms with E-state index in [0.29, 0.717) is 6.42 Å². The van der Waals surface area contributed by atoms with Crippen molar-refractivity contribution in [3.05, 3.63) is 15.6 Å². The number of thiazole rings is 1. The quantitative estimate of drug-likeness (QED) is 0.897. The Hall–Kier alpha value is -0.980. The van der Waals surface area contributed by atoms with Gasteiger partial charge in [-0.15, -0.1) is 11.3 Å². The average Bonchev–Trinajstić information content (AvgIpc) is 2.77. The molecule has 0 aromatic carbocycles. The smallest absolute Gasteiger partial charge is 0.221 e. The molecular formula is C15H26N4OS. The molecule has 5 nitrogen and oxygen atoms in total. The first-order chi connectivity index (χ1) is 9.95. The highest BCUT2D eigenvalue weighted by molar-refractivity contribution is 7.11. The molecule has 2 rings (SSSR count). The summed E-state index contributed by atoms with van der Waals surface area (Å²) in [4.78, 5) is 22.5. The number of rotatable bonds is 5. The van der Waals surface area contributed by atoms with Crippen LogP contribution in [-0.2, 0) is 4.79 Å². The molecule has 0 bridgehead atoms. The second kappa shape index (κ2) is 7.33. The van der Waals surface area contributed by atoms with Crippen molar-refractivity contribution in [1.29, 1.82) is 0 Å².